The second-order valence-corrected chi connectivity index (χ2v) is 12.1. The summed E-state index contributed by atoms with van der Waals surface area (Å²) in [6.07, 6.45) is 1.69. The molecule has 3 heterocycles. The van der Waals surface area contributed by atoms with Crippen molar-refractivity contribution in [1.29, 1.82) is 0 Å². The first-order valence-corrected chi connectivity index (χ1v) is 14.5. The number of halogens is 1. The molecule has 2 bridgehead atoms. The molecular weight excluding hydrogens is 530 g/mol. The van der Waals surface area contributed by atoms with Crippen LogP contribution in [-0.2, 0) is 25.7 Å². The van der Waals surface area contributed by atoms with Gasteiger partial charge in [-0.2, -0.15) is 0 Å². The Kier molecular flexibility index (Phi) is 7.72. The predicted molar refractivity (Wildman–Crippen MR) is 153 cm³/mol. The lowest BCUT2D eigenvalue weighted by atomic mass is 9.66. The molecule has 2 aromatic rings. The van der Waals surface area contributed by atoms with Crippen LogP contribution in [0, 0.1) is 24.7 Å². The van der Waals surface area contributed by atoms with Gasteiger partial charge in [0.1, 0.15) is 11.6 Å². The van der Waals surface area contributed by atoms with E-state index in [0.29, 0.717) is 36.5 Å². The van der Waals surface area contributed by atoms with Gasteiger partial charge in [-0.05, 0) is 49.8 Å². The van der Waals surface area contributed by atoms with Crippen molar-refractivity contribution >= 4 is 35.0 Å². The van der Waals surface area contributed by atoms with Gasteiger partial charge in [-0.15, -0.1) is 0 Å². The van der Waals surface area contributed by atoms with Gasteiger partial charge in [0.15, 0.2) is 0 Å². The van der Waals surface area contributed by atoms with Crippen molar-refractivity contribution in [2.75, 3.05) is 11.9 Å². The first kappa shape index (κ1) is 28.6. The van der Waals surface area contributed by atoms with Crippen LogP contribution >= 0.6 is 11.6 Å². The number of hydrogen-bond acceptors (Lipinski definition) is 5. The first-order chi connectivity index (χ1) is 19.1. The number of benzene rings is 2. The minimum absolute atomic E-state index is 0.0836. The minimum Gasteiger partial charge on any atom is -0.394 e. The molecule has 3 saturated heterocycles. The van der Waals surface area contributed by atoms with E-state index < -0.39 is 41.0 Å². The van der Waals surface area contributed by atoms with Gasteiger partial charge >= 0.3 is 0 Å². The standard InChI is InChI=1S/C31H38ClN3O5/c1-5-18(2)22(17-36)35-26(28(38)34-25-19(3)10-9-13-21(25)32)31-15-14-30(4,40-31)23(24(31)29(35)39)27(37)33-16-20-11-7-6-8-12-20/h6-13,18,22-24,26,36H,5,14-17H2,1-4H3,(H,33,37)(H,34,38)/t18-,22-,23-,24-,26?,30+,31?/m0/s1. The smallest absolute Gasteiger partial charge is 0.250 e. The Morgan fingerprint density at radius 1 is 1.15 bits per heavy atom. The molecule has 9 heteroatoms. The van der Waals surface area contributed by atoms with Gasteiger partial charge in [0.25, 0.3) is 0 Å². The molecule has 3 aliphatic rings. The number of ether oxygens (including phenoxy) is 1. The quantitative estimate of drug-likeness (QED) is 0.423. The topological polar surface area (TPSA) is 108 Å². The largest absolute Gasteiger partial charge is 0.394 e. The number of rotatable bonds is 9. The monoisotopic (exact) mass is 567 g/mol. The van der Waals surface area contributed by atoms with Crippen LogP contribution in [0.1, 0.15) is 51.2 Å². The van der Waals surface area contributed by atoms with Crippen LogP contribution in [0.2, 0.25) is 5.02 Å². The third kappa shape index (κ3) is 4.50. The Hall–Kier alpha value is -2.94. The fourth-order valence-corrected chi connectivity index (χ4v) is 7.38. The zero-order valence-electron chi connectivity index (χ0n) is 23.4. The lowest BCUT2D eigenvalue weighted by molar-refractivity contribution is -0.149. The number of carbonyl (C=O) groups excluding carboxylic acids is 3. The Morgan fingerprint density at radius 2 is 1.88 bits per heavy atom. The van der Waals surface area contributed by atoms with E-state index >= 15 is 0 Å². The van der Waals surface area contributed by atoms with Gasteiger partial charge in [-0.25, -0.2) is 0 Å². The highest BCUT2D eigenvalue weighted by Crippen LogP contribution is 2.63. The molecule has 0 aliphatic carbocycles. The highest BCUT2D eigenvalue weighted by atomic mass is 35.5. The van der Waals surface area contributed by atoms with Gasteiger partial charge in [0.05, 0.1) is 40.8 Å². The molecule has 3 fully saturated rings. The number of amides is 3. The number of nitrogens with one attached hydrogen (secondary N) is 2. The summed E-state index contributed by atoms with van der Waals surface area (Å²) in [4.78, 5) is 43.8. The van der Waals surface area contributed by atoms with E-state index in [9.17, 15) is 19.5 Å². The van der Waals surface area contributed by atoms with Crippen LogP contribution in [0.5, 0.6) is 0 Å². The molecule has 0 saturated carbocycles. The van der Waals surface area contributed by atoms with Crippen molar-refractivity contribution in [3.8, 4) is 0 Å². The fourth-order valence-electron chi connectivity index (χ4n) is 7.11. The summed E-state index contributed by atoms with van der Waals surface area (Å²) in [5, 5.41) is 16.9. The highest BCUT2D eigenvalue weighted by Gasteiger charge is 2.78. The van der Waals surface area contributed by atoms with Gasteiger partial charge < -0.3 is 25.4 Å². The maximum Gasteiger partial charge on any atom is 0.250 e. The fraction of sp³-hybridized carbons (Fsp3) is 0.516. The molecule has 0 aromatic heterocycles. The summed E-state index contributed by atoms with van der Waals surface area (Å²) in [7, 11) is 0. The van der Waals surface area contributed by atoms with Crippen LogP contribution in [-0.4, -0.2) is 57.6 Å². The number of hydrogen-bond donors (Lipinski definition) is 3. The van der Waals surface area contributed by atoms with Crippen LogP contribution in [0.15, 0.2) is 48.5 Å². The van der Waals surface area contributed by atoms with Gasteiger partial charge in [-0.3, -0.25) is 14.4 Å². The van der Waals surface area contributed by atoms with E-state index in [1.54, 1.807) is 12.1 Å². The summed E-state index contributed by atoms with van der Waals surface area (Å²) in [5.41, 5.74) is 0.121. The number of aliphatic hydroxyl groups is 1. The van der Waals surface area contributed by atoms with Crippen LogP contribution in [0.3, 0.4) is 0 Å². The van der Waals surface area contributed by atoms with Crippen molar-refractivity contribution < 1.29 is 24.2 Å². The van der Waals surface area contributed by atoms with Gasteiger partial charge in [0.2, 0.25) is 17.7 Å². The summed E-state index contributed by atoms with van der Waals surface area (Å²) >= 11 is 6.45. The maximum absolute atomic E-state index is 14.4. The van der Waals surface area contributed by atoms with E-state index in [4.69, 9.17) is 16.3 Å². The summed E-state index contributed by atoms with van der Waals surface area (Å²) in [6, 6.07) is 13.3. The number of fused-ring (bicyclic) bond motifs is 1. The van der Waals surface area contributed by atoms with E-state index in [1.807, 2.05) is 64.1 Å². The zero-order chi connectivity index (χ0) is 28.8. The van der Waals surface area contributed by atoms with Crippen molar-refractivity contribution in [2.45, 2.75) is 76.8 Å². The third-order valence-corrected chi connectivity index (χ3v) is 9.69. The molecule has 214 valence electrons. The Bertz CT molecular complexity index is 1280. The van der Waals surface area contributed by atoms with Crippen molar-refractivity contribution in [3.63, 3.8) is 0 Å². The molecule has 2 unspecified atom stereocenters. The van der Waals surface area contributed by atoms with E-state index in [0.717, 1.165) is 11.1 Å². The Balaban J connectivity index is 1.53. The number of carbonyl (C=O) groups is 3. The number of anilines is 1. The summed E-state index contributed by atoms with van der Waals surface area (Å²) in [5.74, 6) is -2.71. The minimum atomic E-state index is -1.19. The average Bonchev–Trinajstić information content (AvgIpc) is 3.51. The molecule has 1 spiro atoms. The first-order valence-electron chi connectivity index (χ1n) is 14.1. The van der Waals surface area contributed by atoms with Crippen molar-refractivity contribution in [1.82, 2.24) is 10.2 Å². The average molecular weight is 568 g/mol. The van der Waals surface area contributed by atoms with Gasteiger partial charge in [0, 0.05) is 6.54 Å². The molecule has 0 radical (unpaired) electrons. The molecule has 5 rings (SSSR count). The number of likely N-dealkylation sites (tertiary alicyclic amines) is 1. The number of para-hydroxylation sites is 1. The Labute approximate surface area is 240 Å². The molecule has 3 aliphatic heterocycles. The van der Waals surface area contributed by atoms with Crippen LogP contribution < -0.4 is 10.6 Å². The third-order valence-electron chi connectivity index (χ3n) is 9.37. The second-order valence-electron chi connectivity index (χ2n) is 11.7. The maximum atomic E-state index is 14.4. The normalized spacial score (nSPS) is 30.2. The van der Waals surface area contributed by atoms with Crippen molar-refractivity contribution in [2.24, 2.45) is 17.8 Å². The molecule has 40 heavy (non-hydrogen) atoms. The lowest BCUT2D eigenvalue weighted by Crippen LogP contribution is -2.57. The number of aliphatic hydroxyl groups excluding tert-OH is 1. The molecule has 8 nitrogen and oxygen atoms in total. The van der Waals surface area contributed by atoms with Crippen molar-refractivity contribution in [3.05, 3.63) is 64.7 Å². The molecule has 3 N–H and O–H groups in total. The van der Waals surface area contributed by atoms with E-state index in [2.05, 4.69) is 10.6 Å². The number of aryl methyl sites for hydroxylation is 1. The van der Waals surface area contributed by atoms with Crippen LogP contribution in [0.25, 0.3) is 0 Å². The summed E-state index contributed by atoms with van der Waals surface area (Å²) in [6.45, 7) is 7.68. The van der Waals surface area contributed by atoms with E-state index in [-0.39, 0.29) is 24.3 Å². The lowest BCUT2D eigenvalue weighted by Gasteiger charge is -2.39. The molecule has 2 aromatic carbocycles. The molecule has 3 amide bonds. The second kappa shape index (κ2) is 10.8. The zero-order valence-corrected chi connectivity index (χ0v) is 24.2. The predicted octanol–water partition coefficient (Wildman–Crippen LogP) is 4.08. The highest BCUT2D eigenvalue weighted by molar-refractivity contribution is 6.34. The van der Waals surface area contributed by atoms with Gasteiger partial charge in [-0.1, -0.05) is 74.3 Å². The number of nitrogens with zero attached hydrogens (tertiary/aromatic N) is 1. The van der Waals surface area contributed by atoms with Crippen LogP contribution in [0.4, 0.5) is 5.69 Å². The summed E-state index contributed by atoms with van der Waals surface area (Å²) < 4.78 is 6.70. The van der Waals surface area contributed by atoms with E-state index in [1.165, 1.54) is 4.90 Å². The molecular formula is C31H38ClN3O5. The molecule has 7 atom stereocenters. The Morgan fingerprint density at radius 3 is 2.52 bits per heavy atom. The SMILES string of the molecule is CC[C@H](C)[C@H](CO)N1C(=O)[C@@H]2[C@@H](C(=O)NCc3ccccc3)[C@@]3(C)CCC2(O3)C1C(=O)Nc1c(C)cccc1Cl.